The van der Waals surface area contributed by atoms with Gasteiger partial charge in [-0.3, -0.25) is 4.79 Å². The Morgan fingerprint density at radius 1 is 1.44 bits per heavy atom. The van der Waals surface area contributed by atoms with E-state index in [0.29, 0.717) is 18.9 Å². The van der Waals surface area contributed by atoms with Gasteiger partial charge in [0.1, 0.15) is 0 Å². The molecule has 18 heavy (non-hydrogen) atoms. The zero-order valence-corrected chi connectivity index (χ0v) is 10.9. The quantitative estimate of drug-likeness (QED) is 0.662. The molecule has 6 nitrogen and oxygen atoms in total. The average Bonchev–Trinajstić information content (AvgIpc) is 2.80. The van der Waals surface area contributed by atoms with Gasteiger partial charge in [-0.05, 0) is 19.8 Å². The highest BCUT2D eigenvalue weighted by Crippen LogP contribution is 2.16. The van der Waals surface area contributed by atoms with Crippen molar-refractivity contribution in [3.63, 3.8) is 0 Å². The Balaban J connectivity index is 2.32. The van der Waals surface area contributed by atoms with Gasteiger partial charge in [0.05, 0.1) is 13.0 Å². The maximum atomic E-state index is 11.7. The van der Waals surface area contributed by atoms with E-state index in [2.05, 4.69) is 10.6 Å². The van der Waals surface area contributed by atoms with Crippen LogP contribution in [0.3, 0.4) is 0 Å². The highest BCUT2D eigenvalue weighted by molar-refractivity contribution is 5.76. The maximum absolute atomic E-state index is 11.7. The second-order valence-electron chi connectivity index (χ2n) is 4.73. The second-order valence-corrected chi connectivity index (χ2v) is 4.73. The highest BCUT2D eigenvalue weighted by atomic mass is 16.5. The number of carboxylic acid groups (broad SMARTS) is 1. The number of hydrogen-bond acceptors (Lipinski definition) is 3. The summed E-state index contributed by atoms with van der Waals surface area (Å²) in [7, 11) is 0. The van der Waals surface area contributed by atoms with Gasteiger partial charge in [-0.15, -0.1) is 0 Å². The molecule has 1 heterocycles. The van der Waals surface area contributed by atoms with Crippen molar-refractivity contribution in [2.24, 2.45) is 5.92 Å². The van der Waals surface area contributed by atoms with E-state index in [0.717, 1.165) is 13.0 Å². The first-order valence-electron chi connectivity index (χ1n) is 6.39. The lowest BCUT2D eigenvalue weighted by Gasteiger charge is -2.22. The zero-order chi connectivity index (χ0) is 13.5. The van der Waals surface area contributed by atoms with Crippen LogP contribution in [-0.2, 0) is 9.53 Å². The third-order valence-electron chi connectivity index (χ3n) is 3.28. The number of rotatable bonds is 6. The lowest BCUT2D eigenvalue weighted by Crippen LogP contribution is -2.48. The van der Waals surface area contributed by atoms with Crippen molar-refractivity contribution >= 4 is 12.0 Å². The third kappa shape index (κ3) is 4.91. The molecule has 2 amide bonds. The van der Waals surface area contributed by atoms with Crippen LogP contribution in [0.5, 0.6) is 0 Å². The van der Waals surface area contributed by atoms with Gasteiger partial charge >= 0.3 is 12.0 Å². The summed E-state index contributed by atoms with van der Waals surface area (Å²) in [6, 6.07) is -0.591. The second kappa shape index (κ2) is 7.20. The van der Waals surface area contributed by atoms with E-state index in [9.17, 15) is 9.59 Å². The molecule has 0 aliphatic carbocycles. The van der Waals surface area contributed by atoms with Gasteiger partial charge in [-0.25, -0.2) is 4.79 Å². The fourth-order valence-corrected chi connectivity index (χ4v) is 2.01. The van der Waals surface area contributed by atoms with E-state index < -0.39 is 5.97 Å². The van der Waals surface area contributed by atoms with Crippen molar-refractivity contribution in [3.8, 4) is 0 Å². The predicted molar refractivity (Wildman–Crippen MR) is 66.4 cm³/mol. The van der Waals surface area contributed by atoms with E-state index in [1.54, 1.807) is 0 Å². The summed E-state index contributed by atoms with van der Waals surface area (Å²) in [5.74, 6) is -0.560. The Labute approximate surface area is 107 Å². The smallest absolute Gasteiger partial charge is 0.315 e. The molecule has 0 aromatic carbocycles. The number of carbonyl (C=O) groups is 2. The molecule has 0 bridgehead atoms. The fraction of sp³-hybridized carbons (Fsp3) is 0.833. The van der Waals surface area contributed by atoms with Gasteiger partial charge in [0.2, 0.25) is 0 Å². The van der Waals surface area contributed by atoms with Crippen LogP contribution in [0.1, 0.15) is 33.1 Å². The molecule has 0 spiro atoms. The van der Waals surface area contributed by atoms with Crippen LogP contribution in [0.4, 0.5) is 4.79 Å². The Hall–Kier alpha value is -1.30. The molecule has 3 unspecified atom stereocenters. The zero-order valence-electron chi connectivity index (χ0n) is 10.9. The molecule has 0 aromatic heterocycles. The van der Waals surface area contributed by atoms with Crippen molar-refractivity contribution < 1.29 is 19.4 Å². The van der Waals surface area contributed by atoms with Gasteiger partial charge in [0, 0.05) is 24.6 Å². The Morgan fingerprint density at radius 3 is 2.67 bits per heavy atom. The predicted octanol–water partition coefficient (Wildman–Crippen LogP) is 0.964. The molecule has 3 atom stereocenters. The lowest BCUT2D eigenvalue weighted by atomic mass is 10.0. The standard InChI is InChI=1S/C12H22N2O4/c1-3-10(6-11(15)16)14-12(17)13-8(2)9-4-5-18-7-9/h8-10H,3-7H2,1-2H3,(H,15,16)(H2,13,14,17). The summed E-state index contributed by atoms with van der Waals surface area (Å²) in [6.45, 7) is 5.21. The number of carboxylic acids is 1. The van der Waals surface area contributed by atoms with Crippen molar-refractivity contribution in [2.45, 2.75) is 45.2 Å². The van der Waals surface area contributed by atoms with E-state index >= 15 is 0 Å². The molecule has 104 valence electrons. The Morgan fingerprint density at radius 2 is 2.17 bits per heavy atom. The van der Waals surface area contributed by atoms with Crippen LogP contribution in [0, 0.1) is 5.92 Å². The van der Waals surface area contributed by atoms with E-state index in [4.69, 9.17) is 9.84 Å². The highest BCUT2D eigenvalue weighted by Gasteiger charge is 2.24. The molecule has 6 heteroatoms. The number of amides is 2. The van der Waals surface area contributed by atoms with E-state index in [1.807, 2.05) is 13.8 Å². The van der Waals surface area contributed by atoms with Crippen LogP contribution >= 0.6 is 0 Å². The number of aliphatic carboxylic acids is 1. The fourth-order valence-electron chi connectivity index (χ4n) is 2.01. The molecule has 1 aliphatic rings. The summed E-state index contributed by atoms with van der Waals surface area (Å²) < 4.78 is 5.27. The topological polar surface area (TPSA) is 87.7 Å². The molecule has 1 saturated heterocycles. The molecular formula is C12H22N2O4. The van der Waals surface area contributed by atoms with Crippen molar-refractivity contribution in [1.29, 1.82) is 0 Å². The van der Waals surface area contributed by atoms with Gasteiger partial charge < -0.3 is 20.5 Å². The van der Waals surface area contributed by atoms with Crippen molar-refractivity contribution in [1.82, 2.24) is 10.6 Å². The maximum Gasteiger partial charge on any atom is 0.315 e. The van der Waals surface area contributed by atoms with Gasteiger partial charge in [0.15, 0.2) is 0 Å². The normalized spacial score (nSPS) is 22.2. The minimum absolute atomic E-state index is 0.0369. The first-order chi connectivity index (χ1) is 8.52. The average molecular weight is 258 g/mol. The number of ether oxygens (including phenoxy) is 1. The molecule has 1 aliphatic heterocycles. The summed E-state index contributed by atoms with van der Waals surface area (Å²) in [6.07, 6.45) is 1.50. The number of nitrogens with one attached hydrogen (secondary N) is 2. The minimum atomic E-state index is -0.903. The molecule has 1 fully saturated rings. The monoisotopic (exact) mass is 258 g/mol. The summed E-state index contributed by atoms with van der Waals surface area (Å²) in [5, 5.41) is 14.2. The Kier molecular flexibility index (Phi) is 5.91. The van der Waals surface area contributed by atoms with Crippen LogP contribution < -0.4 is 10.6 Å². The van der Waals surface area contributed by atoms with Crippen LogP contribution in [0.25, 0.3) is 0 Å². The largest absolute Gasteiger partial charge is 0.481 e. The molecule has 1 rings (SSSR count). The van der Waals surface area contributed by atoms with Gasteiger partial charge in [-0.2, -0.15) is 0 Å². The number of urea groups is 1. The number of carbonyl (C=O) groups excluding carboxylic acids is 1. The minimum Gasteiger partial charge on any atom is -0.481 e. The summed E-state index contributed by atoms with van der Waals surface area (Å²) >= 11 is 0. The van der Waals surface area contributed by atoms with Crippen LogP contribution in [0.2, 0.25) is 0 Å². The summed E-state index contributed by atoms with van der Waals surface area (Å²) in [4.78, 5) is 22.3. The molecule has 3 N–H and O–H groups in total. The summed E-state index contributed by atoms with van der Waals surface area (Å²) in [5.41, 5.74) is 0. The SMILES string of the molecule is CCC(CC(=O)O)NC(=O)NC(C)C1CCOC1. The van der Waals surface area contributed by atoms with E-state index in [1.165, 1.54) is 0 Å². The van der Waals surface area contributed by atoms with Crippen molar-refractivity contribution in [3.05, 3.63) is 0 Å². The molecule has 0 radical (unpaired) electrons. The van der Waals surface area contributed by atoms with Gasteiger partial charge in [0.25, 0.3) is 0 Å². The number of hydrogen-bond donors (Lipinski definition) is 3. The van der Waals surface area contributed by atoms with Crippen LogP contribution in [0.15, 0.2) is 0 Å². The molecule has 0 aromatic rings. The molecular weight excluding hydrogens is 236 g/mol. The first-order valence-corrected chi connectivity index (χ1v) is 6.39. The first kappa shape index (κ1) is 14.8. The van der Waals surface area contributed by atoms with Crippen molar-refractivity contribution in [2.75, 3.05) is 13.2 Å². The molecule has 0 saturated carbocycles. The van der Waals surface area contributed by atoms with Gasteiger partial charge in [-0.1, -0.05) is 6.92 Å². The Bertz CT molecular complexity index is 290. The lowest BCUT2D eigenvalue weighted by molar-refractivity contribution is -0.137. The third-order valence-corrected chi connectivity index (χ3v) is 3.28. The van der Waals surface area contributed by atoms with Crippen LogP contribution in [-0.4, -0.2) is 42.4 Å². The van der Waals surface area contributed by atoms with E-state index in [-0.39, 0.29) is 24.5 Å².